The number of carbonyl (C=O) groups excluding carboxylic acids is 1. The molecule has 2 saturated heterocycles. The SMILES string of the molecule is O=C(O)C1CN(C2CC2)C2=CC(N3CCNCC3)=C(O)CC2C1=O. The fourth-order valence-corrected chi connectivity index (χ4v) is 4.02. The summed E-state index contributed by atoms with van der Waals surface area (Å²) in [6, 6.07) is 0.346. The van der Waals surface area contributed by atoms with E-state index < -0.39 is 17.8 Å². The van der Waals surface area contributed by atoms with Crippen molar-refractivity contribution in [2.75, 3.05) is 32.7 Å². The highest BCUT2D eigenvalue weighted by molar-refractivity contribution is 6.02. The van der Waals surface area contributed by atoms with E-state index in [9.17, 15) is 19.8 Å². The van der Waals surface area contributed by atoms with Crippen LogP contribution in [0.3, 0.4) is 0 Å². The van der Waals surface area contributed by atoms with Gasteiger partial charge >= 0.3 is 5.97 Å². The lowest BCUT2D eigenvalue weighted by Crippen LogP contribution is -2.50. The second-order valence-corrected chi connectivity index (χ2v) is 7.07. The van der Waals surface area contributed by atoms with Gasteiger partial charge in [-0.3, -0.25) is 9.59 Å². The monoisotopic (exact) mass is 333 g/mol. The van der Waals surface area contributed by atoms with Gasteiger partial charge in [0, 0.05) is 50.9 Å². The molecule has 2 unspecified atom stereocenters. The number of carbonyl (C=O) groups is 2. The van der Waals surface area contributed by atoms with Crippen molar-refractivity contribution in [2.45, 2.75) is 25.3 Å². The summed E-state index contributed by atoms with van der Waals surface area (Å²) >= 11 is 0. The average molecular weight is 333 g/mol. The van der Waals surface area contributed by atoms with Gasteiger partial charge in [0.1, 0.15) is 11.7 Å². The number of piperazine rings is 1. The van der Waals surface area contributed by atoms with Gasteiger partial charge in [-0.2, -0.15) is 0 Å². The molecule has 2 aliphatic heterocycles. The molecule has 2 atom stereocenters. The number of hydrogen-bond donors (Lipinski definition) is 3. The Morgan fingerprint density at radius 1 is 1.25 bits per heavy atom. The third-order valence-corrected chi connectivity index (χ3v) is 5.48. The van der Waals surface area contributed by atoms with Crippen LogP contribution in [-0.2, 0) is 9.59 Å². The summed E-state index contributed by atoms with van der Waals surface area (Å²) in [6.07, 6.45) is 4.24. The van der Waals surface area contributed by atoms with Gasteiger partial charge in [-0.15, -0.1) is 0 Å². The molecule has 7 heteroatoms. The topological polar surface area (TPSA) is 93.1 Å². The predicted octanol–water partition coefficient (Wildman–Crippen LogP) is 0.313. The Morgan fingerprint density at radius 3 is 2.58 bits per heavy atom. The Labute approximate surface area is 140 Å². The largest absolute Gasteiger partial charge is 0.510 e. The standard InChI is InChI=1S/C17H23N3O4/c21-15-7-11-13(8-14(15)19-5-3-18-4-6-19)20(10-1-2-10)9-12(16(11)22)17(23)24/h8,10-12,18,21H,1-7,9H2,(H,23,24). The van der Waals surface area contributed by atoms with Gasteiger partial charge < -0.3 is 25.3 Å². The molecule has 24 heavy (non-hydrogen) atoms. The first-order valence-corrected chi connectivity index (χ1v) is 8.69. The number of aliphatic hydroxyl groups is 1. The molecule has 3 N–H and O–H groups in total. The smallest absolute Gasteiger partial charge is 0.315 e. The minimum absolute atomic E-state index is 0.209. The number of rotatable bonds is 3. The molecule has 130 valence electrons. The van der Waals surface area contributed by atoms with E-state index in [1.165, 1.54) is 0 Å². The molecule has 0 aromatic heterocycles. The quantitative estimate of drug-likeness (QED) is 0.640. The first kappa shape index (κ1) is 15.5. The number of piperidine rings is 1. The van der Waals surface area contributed by atoms with Crippen LogP contribution in [0.2, 0.25) is 0 Å². The van der Waals surface area contributed by atoms with Crippen molar-refractivity contribution in [3.63, 3.8) is 0 Å². The highest BCUT2D eigenvalue weighted by Crippen LogP contribution is 2.42. The molecule has 4 aliphatic rings. The number of fused-ring (bicyclic) bond motifs is 1. The highest BCUT2D eigenvalue weighted by atomic mass is 16.4. The van der Waals surface area contributed by atoms with Crippen molar-refractivity contribution in [3.8, 4) is 0 Å². The third-order valence-electron chi connectivity index (χ3n) is 5.48. The number of allylic oxidation sites excluding steroid dienone is 3. The van der Waals surface area contributed by atoms with E-state index in [2.05, 4.69) is 15.1 Å². The van der Waals surface area contributed by atoms with E-state index in [1.807, 2.05) is 6.08 Å². The van der Waals surface area contributed by atoms with E-state index in [-0.39, 0.29) is 24.5 Å². The molecule has 0 radical (unpaired) electrons. The molecular formula is C17H23N3O4. The van der Waals surface area contributed by atoms with Gasteiger partial charge in [-0.25, -0.2) is 0 Å². The van der Waals surface area contributed by atoms with Gasteiger partial charge in [0.2, 0.25) is 0 Å². The van der Waals surface area contributed by atoms with E-state index in [4.69, 9.17) is 0 Å². The minimum atomic E-state index is -1.05. The summed E-state index contributed by atoms with van der Waals surface area (Å²) in [5, 5.41) is 23.2. The van der Waals surface area contributed by atoms with Crippen LogP contribution in [0.15, 0.2) is 23.2 Å². The second-order valence-electron chi connectivity index (χ2n) is 7.07. The van der Waals surface area contributed by atoms with Gasteiger partial charge in [0.25, 0.3) is 0 Å². The number of carboxylic acids is 1. The second kappa shape index (κ2) is 5.81. The lowest BCUT2D eigenvalue weighted by Gasteiger charge is -2.42. The number of aliphatic hydroxyl groups excluding tert-OH is 1. The van der Waals surface area contributed by atoms with Gasteiger partial charge in [-0.1, -0.05) is 0 Å². The Balaban J connectivity index is 1.67. The van der Waals surface area contributed by atoms with E-state index in [0.717, 1.165) is 50.4 Å². The summed E-state index contributed by atoms with van der Waals surface area (Å²) in [7, 11) is 0. The zero-order valence-electron chi connectivity index (χ0n) is 13.6. The van der Waals surface area contributed by atoms with Crippen molar-refractivity contribution in [1.29, 1.82) is 0 Å². The summed E-state index contributed by atoms with van der Waals surface area (Å²) < 4.78 is 0. The molecule has 4 rings (SSSR count). The maximum Gasteiger partial charge on any atom is 0.315 e. The first-order chi connectivity index (χ1) is 11.6. The molecule has 0 spiro atoms. The molecule has 0 bridgehead atoms. The Bertz CT molecular complexity index is 632. The van der Waals surface area contributed by atoms with Crippen molar-refractivity contribution >= 4 is 11.8 Å². The van der Waals surface area contributed by atoms with Gasteiger partial charge in [0.15, 0.2) is 5.78 Å². The molecule has 3 fully saturated rings. The van der Waals surface area contributed by atoms with Crippen LogP contribution >= 0.6 is 0 Å². The van der Waals surface area contributed by atoms with Crippen molar-refractivity contribution < 1.29 is 19.8 Å². The molecule has 0 aromatic carbocycles. The lowest BCUT2D eigenvalue weighted by molar-refractivity contribution is -0.150. The molecule has 0 amide bonds. The van der Waals surface area contributed by atoms with Crippen molar-refractivity contribution in [3.05, 3.63) is 23.2 Å². The average Bonchev–Trinajstić information content (AvgIpc) is 3.40. The summed E-state index contributed by atoms with van der Waals surface area (Å²) in [6.45, 7) is 3.65. The number of hydrogen-bond acceptors (Lipinski definition) is 6. The number of aliphatic carboxylic acids is 1. The number of likely N-dealkylation sites (tertiary alicyclic amines) is 1. The lowest BCUT2D eigenvalue weighted by atomic mass is 9.79. The number of nitrogens with zero attached hydrogens (tertiary/aromatic N) is 2. The van der Waals surface area contributed by atoms with Crippen molar-refractivity contribution in [1.82, 2.24) is 15.1 Å². The highest BCUT2D eigenvalue weighted by Gasteiger charge is 2.48. The van der Waals surface area contributed by atoms with Crippen LogP contribution in [0.25, 0.3) is 0 Å². The molecule has 2 heterocycles. The third kappa shape index (κ3) is 2.56. The van der Waals surface area contributed by atoms with Crippen LogP contribution in [-0.4, -0.2) is 70.5 Å². The van der Waals surface area contributed by atoms with Crippen molar-refractivity contribution in [2.24, 2.45) is 11.8 Å². The van der Waals surface area contributed by atoms with Crippen LogP contribution in [0, 0.1) is 11.8 Å². The fraction of sp³-hybridized carbons (Fsp3) is 0.647. The maximum atomic E-state index is 12.6. The van der Waals surface area contributed by atoms with Crippen LogP contribution < -0.4 is 5.32 Å². The molecule has 1 saturated carbocycles. The van der Waals surface area contributed by atoms with Gasteiger partial charge in [0.05, 0.1) is 11.6 Å². The normalized spacial score (nSPS) is 31.0. The maximum absolute atomic E-state index is 12.6. The number of Topliss-reactive ketones (excluding diaryl/α,β-unsaturated/α-hetero) is 1. The minimum Gasteiger partial charge on any atom is -0.510 e. The molecule has 0 aromatic rings. The predicted molar refractivity (Wildman–Crippen MR) is 86.1 cm³/mol. The van der Waals surface area contributed by atoms with E-state index in [1.54, 1.807) is 0 Å². The van der Waals surface area contributed by atoms with Crippen LogP contribution in [0.5, 0.6) is 0 Å². The Kier molecular flexibility index (Phi) is 3.75. The van der Waals surface area contributed by atoms with Crippen LogP contribution in [0.1, 0.15) is 19.3 Å². The summed E-state index contributed by atoms with van der Waals surface area (Å²) in [5.41, 5.74) is 1.71. The van der Waals surface area contributed by atoms with E-state index in [0.29, 0.717) is 6.04 Å². The fourth-order valence-electron chi connectivity index (χ4n) is 4.02. The number of carboxylic acid groups (broad SMARTS) is 1. The van der Waals surface area contributed by atoms with E-state index >= 15 is 0 Å². The number of nitrogens with one attached hydrogen (secondary N) is 1. The zero-order valence-corrected chi connectivity index (χ0v) is 13.6. The molecular weight excluding hydrogens is 310 g/mol. The summed E-state index contributed by atoms with van der Waals surface area (Å²) in [5.74, 6) is -2.62. The Hall–Kier alpha value is -2.02. The molecule has 7 nitrogen and oxygen atoms in total. The summed E-state index contributed by atoms with van der Waals surface area (Å²) in [4.78, 5) is 28.3. The molecule has 2 aliphatic carbocycles. The Morgan fingerprint density at radius 2 is 1.96 bits per heavy atom. The van der Waals surface area contributed by atoms with Gasteiger partial charge in [-0.05, 0) is 18.9 Å². The number of ketones is 1. The van der Waals surface area contributed by atoms with Crippen LogP contribution in [0.4, 0.5) is 0 Å². The zero-order chi connectivity index (χ0) is 16.8. The first-order valence-electron chi connectivity index (χ1n) is 8.69.